The number of rotatable bonds is 5. The fourth-order valence-corrected chi connectivity index (χ4v) is 5.53. The van der Waals surface area contributed by atoms with Gasteiger partial charge in [0.1, 0.15) is 0 Å². The van der Waals surface area contributed by atoms with Gasteiger partial charge in [0.05, 0.1) is 19.2 Å². The Hall–Kier alpha value is -2.02. The smallest absolute Gasteiger partial charge is 0.155 e. The number of fused-ring (bicyclic) bond motifs is 5. The third-order valence-electron chi connectivity index (χ3n) is 7.03. The number of aliphatic hydroxyl groups is 1. The first-order valence-electron chi connectivity index (χ1n) is 10.6. The second-order valence-electron chi connectivity index (χ2n) is 8.70. The number of Topliss-reactive ketones (excluding diaryl/α,β-unsaturated/α-hetero) is 1. The number of carbonyl (C=O) groups excluding carboxylic acids is 1. The Morgan fingerprint density at radius 3 is 3.00 bits per heavy atom. The second kappa shape index (κ2) is 7.04. The van der Waals surface area contributed by atoms with Crippen molar-refractivity contribution in [2.24, 2.45) is 5.92 Å². The number of aliphatic hydroxyl groups excluding tert-OH is 1. The minimum absolute atomic E-state index is 0.0429. The van der Waals surface area contributed by atoms with Gasteiger partial charge in [0.15, 0.2) is 12.1 Å². The molecule has 1 aromatic heterocycles. The first-order valence-corrected chi connectivity index (χ1v) is 10.6. The summed E-state index contributed by atoms with van der Waals surface area (Å²) < 4.78 is 16.1. The molecule has 5 rings (SSSR count). The normalized spacial score (nSPS) is 24.5. The highest BCUT2D eigenvalue weighted by molar-refractivity contribution is 6.01. The minimum atomic E-state index is -1.35. The molecular formula is C23H28FN3O2. The van der Waals surface area contributed by atoms with Crippen LogP contribution in [0.5, 0.6) is 0 Å². The lowest BCUT2D eigenvalue weighted by atomic mass is 9.78. The predicted octanol–water partition coefficient (Wildman–Crippen LogP) is 2.59. The van der Waals surface area contributed by atoms with E-state index >= 15 is 0 Å². The lowest BCUT2D eigenvalue weighted by Crippen LogP contribution is -2.46. The van der Waals surface area contributed by atoms with Crippen LogP contribution in [0, 0.1) is 5.92 Å². The quantitative estimate of drug-likeness (QED) is 0.622. The highest BCUT2D eigenvalue weighted by Gasteiger charge is 2.38. The first kappa shape index (κ1) is 19.0. The van der Waals surface area contributed by atoms with Crippen LogP contribution in [0.3, 0.4) is 0 Å². The van der Waals surface area contributed by atoms with Gasteiger partial charge in [0.2, 0.25) is 0 Å². The summed E-state index contributed by atoms with van der Waals surface area (Å²) in [5.74, 6) is -0.330. The van der Waals surface area contributed by atoms with Crippen molar-refractivity contribution < 1.29 is 14.3 Å². The van der Waals surface area contributed by atoms with Gasteiger partial charge in [-0.3, -0.25) is 9.69 Å². The Morgan fingerprint density at radius 2 is 2.24 bits per heavy atom. The number of nitrogens with zero attached hydrogens (tertiary/aromatic N) is 3. The zero-order chi connectivity index (χ0) is 20.3. The largest absolute Gasteiger partial charge is 0.381 e. The van der Waals surface area contributed by atoms with E-state index in [1.807, 2.05) is 0 Å². The van der Waals surface area contributed by atoms with Crippen molar-refractivity contribution in [1.29, 1.82) is 0 Å². The molecule has 0 spiro atoms. The van der Waals surface area contributed by atoms with E-state index in [2.05, 4.69) is 40.8 Å². The van der Waals surface area contributed by atoms with Crippen molar-refractivity contribution >= 4 is 22.3 Å². The van der Waals surface area contributed by atoms with Crippen LogP contribution in [-0.4, -0.2) is 64.5 Å². The number of alkyl halides is 1. The topological polar surface area (TPSA) is 48.7 Å². The molecule has 154 valence electrons. The molecule has 0 bridgehead atoms. The van der Waals surface area contributed by atoms with Crippen molar-refractivity contribution in [2.75, 3.05) is 26.9 Å². The van der Waals surface area contributed by atoms with Crippen molar-refractivity contribution in [2.45, 2.75) is 45.1 Å². The molecule has 29 heavy (non-hydrogen) atoms. The lowest BCUT2D eigenvalue weighted by molar-refractivity contribution is -0.126. The van der Waals surface area contributed by atoms with Gasteiger partial charge in [-0.25, -0.2) is 9.29 Å². The van der Waals surface area contributed by atoms with Crippen LogP contribution < -0.4 is 0 Å². The zero-order valence-corrected chi connectivity index (χ0v) is 17.1. The van der Waals surface area contributed by atoms with Crippen LogP contribution in [0.25, 0.3) is 16.5 Å². The van der Waals surface area contributed by atoms with Crippen LogP contribution >= 0.6 is 0 Å². The molecule has 3 aliphatic rings. The second-order valence-corrected chi connectivity index (χ2v) is 8.70. The Bertz CT molecular complexity index is 1010. The average Bonchev–Trinajstić information content (AvgIpc) is 3.30. The number of halogens is 1. The SMILES string of the molecule is CC(F)N(CO)CC(=O)C1C=C2c3cccc4c3c(c3n4CCC3)CC2N(C)C1. The number of carbonyl (C=O) groups is 1. The molecule has 3 atom stereocenters. The average molecular weight is 397 g/mol. The molecule has 6 heteroatoms. The molecule has 0 fully saturated rings. The van der Waals surface area contributed by atoms with E-state index in [9.17, 15) is 14.3 Å². The van der Waals surface area contributed by atoms with Crippen LogP contribution in [0.4, 0.5) is 4.39 Å². The third-order valence-corrected chi connectivity index (χ3v) is 7.03. The van der Waals surface area contributed by atoms with E-state index < -0.39 is 13.0 Å². The van der Waals surface area contributed by atoms with Gasteiger partial charge in [-0.05, 0) is 56.0 Å². The van der Waals surface area contributed by atoms with Gasteiger partial charge in [-0.2, -0.15) is 0 Å². The molecular weight excluding hydrogens is 369 g/mol. The van der Waals surface area contributed by atoms with Crippen molar-refractivity contribution in [3.8, 4) is 0 Å². The maximum absolute atomic E-state index is 13.6. The number of benzene rings is 1. The van der Waals surface area contributed by atoms with Gasteiger partial charge in [0, 0.05) is 35.7 Å². The molecule has 1 aromatic carbocycles. The molecule has 1 N–H and O–H groups in total. The third kappa shape index (κ3) is 2.88. The summed E-state index contributed by atoms with van der Waals surface area (Å²) >= 11 is 0. The summed E-state index contributed by atoms with van der Waals surface area (Å²) in [6.45, 7) is 2.55. The number of hydrogen-bond acceptors (Lipinski definition) is 4. The molecule has 0 saturated carbocycles. The maximum atomic E-state index is 13.6. The standard InChI is InChI=1S/C23H28FN3O2/c1-14(24)26(13-28)12-22(29)15-9-17-16-5-3-6-20-23(16)18(10-21(17)25(2)11-15)19-7-4-8-27(19)20/h3,5-6,9,14-15,21,28H,4,7-8,10-13H2,1-2H3. The van der Waals surface area contributed by atoms with E-state index in [-0.39, 0.29) is 24.3 Å². The van der Waals surface area contributed by atoms with Crippen LogP contribution in [0.15, 0.2) is 24.3 Å². The summed E-state index contributed by atoms with van der Waals surface area (Å²) in [6.07, 6.45) is 4.13. The van der Waals surface area contributed by atoms with Gasteiger partial charge in [0.25, 0.3) is 0 Å². The fourth-order valence-electron chi connectivity index (χ4n) is 5.53. The van der Waals surface area contributed by atoms with Crippen LogP contribution in [-0.2, 0) is 24.2 Å². The number of ketones is 1. The van der Waals surface area contributed by atoms with E-state index in [4.69, 9.17) is 0 Å². The predicted molar refractivity (Wildman–Crippen MR) is 111 cm³/mol. The van der Waals surface area contributed by atoms with Crippen molar-refractivity contribution in [1.82, 2.24) is 14.4 Å². The van der Waals surface area contributed by atoms with Crippen LogP contribution in [0.1, 0.15) is 30.2 Å². The first-order chi connectivity index (χ1) is 14.0. The van der Waals surface area contributed by atoms with Crippen molar-refractivity contribution in [3.05, 3.63) is 41.1 Å². The summed E-state index contributed by atoms with van der Waals surface area (Å²) in [5.41, 5.74) is 6.78. The lowest BCUT2D eigenvalue weighted by Gasteiger charge is -2.40. The number of likely N-dealkylation sites (N-methyl/N-ethyl adjacent to an activating group) is 1. The molecule has 5 nitrogen and oxygen atoms in total. The summed E-state index contributed by atoms with van der Waals surface area (Å²) in [6, 6.07) is 6.80. The highest BCUT2D eigenvalue weighted by Crippen LogP contribution is 2.44. The molecule has 0 saturated heterocycles. The summed E-state index contributed by atoms with van der Waals surface area (Å²) in [4.78, 5) is 16.3. The Labute approximate surface area is 170 Å². The maximum Gasteiger partial charge on any atom is 0.155 e. The molecule has 1 aliphatic carbocycles. The molecule has 0 radical (unpaired) electrons. The molecule has 2 aliphatic heterocycles. The number of aromatic nitrogens is 1. The Balaban J connectivity index is 1.55. The number of hydrogen-bond donors (Lipinski definition) is 1. The van der Waals surface area contributed by atoms with E-state index in [0.717, 1.165) is 24.3 Å². The van der Waals surface area contributed by atoms with Gasteiger partial charge in [-0.1, -0.05) is 18.2 Å². The van der Waals surface area contributed by atoms with E-state index in [1.54, 1.807) is 0 Å². The van der Waals surface area contributed by atoms with Gasteiger partial charge < -0.3 is 9.67 Å². The van der Waals surface area contributed by atoms with Gasteiger partial charge in [-0.15, -0.1) is 0 Å². The fraction of sp³-hybridized carbons (Fsp3) is 0.522. The number of aryl methyl sites for hydroxylation is 1. The van der Waals surface area contributed by atoms with Gasteiger partial charge >= 0.3 is 0 Å². The molecule has 2 aromatic rings. The summed E-state index contributed by atoms with van der Waals surface area (Å²) in [5, 5.41) is 10.7. The zero-order valence-electron chi connectivity index (χ0n) is 17.1. The van der Waals surface area contributed by atoms with E-state index in [1.165, 1.54) is 46.6 Å². The minimum Gasteiger partial charge on any atom is -0.381 e. The summed E-state index contributed by atoms with van der Waals surface area (Å²) in [7, 11) is 2.08. The monoisotopic (exact) mass is 397 g/mol. The molecule has 3 heterocycles. The van der Waals surface area contributed by atoms with Crippen molar-refractivity contribution in [3.63, 3.8) is 0 Å². The molecule has 3 unspecified atom stereocenters. The van der Waals surface area contributed by atoms with E-state index in [0.29, 0.717) is 6.54 Å². The Morgan fingerprint density at radius 1 is 1.41 bits per heavy atom. The molecule has 0 amide bonds. The van der Waals surface area contributed by atoms with Crippen LogP contribution in [0.2, 0.25) is 0 Å². The highest BCUT2D eigenvalue weighted by atomic mass is 19.1. The Kier molecular flexibility index (Phi) is 4.61.